The second-order valence-electron chi connectivity index (χ2n) is 7.10. The van der Waals surface area contributed by atoms with E-state index in [1.54, 1.807) is 0 Å². The average Bonchev–Trinajstić information content (AvgIpc) is 3.24. The second-order valence-corrected chi connectivity index (χ2v) is 7.10. The Labute approximate surface area is 139 Å². The lowest BCUT2D eigenvalue weighted by atomic mass is 10.2. The summed E-state index contributed by atoms with van der Waals surface area (Å²) in [6.45, 7) is 9.64. The van der Waals surface area contributed by atoms with Crippen molar-refractivity contribution < 1.29 is 4.79 Å². The average molecular weight is 321 g/mol. The van der Waals surface area contributed by atoms with E-state index in [4.69, 9.17) is 5.10 Å². The van der Waals surface area contributed by atoms with Gasteiger partial charge in [-0.1, -0.05) is 13.8 Å². The highest BCUT2D eigenvalue weighted by molar-refractivity contribution is 5.80. The Morgan fingerprint density at radius 1 is 1.35 bits per heavy atom. The summed E-state index contributed by atoms with van der Waals surface area (Å²) in [5.74, 6) is 2.23. The number of hydrogen-bond donors (Lipinski definition) is 2. The molecule has 0 spiro atoms. The van der Waals surface area contributed by atoms with Crippen molar-refractivity contribution in [3.63, 3.8) is 0 Å². The summed E-state index contributed by atoms with van der Waals surface area (Å²) < 4.78 is 2.10. The minimum Gasteiger partial charge on any atom is -0.363 e. The summed E-state index contributed by atoms with van der Waals surface area (Å²) in [7, 11) is 4.12. The maximum Gasteiger partial charge on any atom is 0.223 e. The molecule has 1 aromatic rings. The van der Waals surface area contributed by atoms with Crippen LogP contribution in [0.15, 0.2) is 0 Å². The molecule has 1 saturated carbocycles. The van der Waals surface area contributed by atoms with Gasteiger partial charge in [0.15, 0.2) is 0 Å². The Morgan fingerprint density at radius 2 is 2.04 bits per heavy atom. The zero-order chi connectivity index (χ0) is 17.0. The lowest BCUT2D eigenvalue weighted by Gasteiger charge is -2.18. The highest BCUT2D eigenvalue weighted by atomic mass is 16.2. The van der Waals surface area contributed by atoms with Gasteiger partial charge in [0, 0.05) is 51.8 Å². The molecule has 0 radical (unpaired) electrons. The largest absolute Gasteiger partial charge is 0.363 e. The lowest BCUT2D eigenvalue weighted by Crippen LogP contribution is -2.32. The molecule has 2 N–H and O–H groups in total. The molecule has 0 saturated heterocycles. The van der Waals surface area contributed by atoms with Gasteiger partial charge in [-0.25, -0.2) is 4.68 Å². The number of aromatic nitrogens is 2. The molecule has 6 nitrogen and oxygen atoms in total. The minimum atomic E-state index is 0.210. The fraction of sp³-hybridized carbons (Fsp3) is 0.765. The van der Waals surface area contributed by atoms with Gasteiger partial charge in [-0.2, -0.15) is 5.10 Å². The SMILES string of the molecule is Cc1nn(CC(C)C)c(N(C)C)c1CNCCNC(=O)C1CC1. The number of aryl methyl sites for hydroxylation is 1. The number of nitrogens with zero attached hydrogens (tertiary/aromatic N) is 3. The van der Waals surface area contributed by atoms with Crippen molar-refractivity contribution in [2.24, 2.45) is 11.8 Å². The Bertz CT molecular complexity index is 531. The number of hydrogen-bond acceptors (Lipinski definition) is 4. The topological polar surface area (TPSA) is 62.2 Å². The predicted molar refractivity (Wildman–Crippen MR) is 93.6 cm³/mol. The van der Waals surface area contributed by atoms with Crippen LogP contribution in [0.3, 0.4) is 0 Å². The van der Waals surface area contributed by atoms with Crippen molar-refractivity contribution >= 4 is 11.7 Å². The van der Waals surface area contributed by atoms with Gasteiger partial charge in [-0.05, 0) is 25.7 Å². The molecule has 23 heavy (non-hydrogen) atoms. The van der Waals surface area contributed by atoms with E-state index in [-0.39, 0.29) is 11.8 Å². The van der Waals surface area contributed by atoms with Crippen LogP contribution in [0.2, 0.25) is 0 Å². The van der Waals surface area contributed by atoms with Crippen molar-refractivity contribution in [3.8, 4) is 0 Å². The van der Waals surface area contributed by atoms with Gasteiger partial charge in [-0.3, -0.25) is 4.79 Å². The van der Waals surface area contributed by atoms with E-state index >= 15 is 0 Å². The fourth-order valence-electron chi connectivity index (χ4n) is 2.76. The first kappa shape index (κ1) is 17.8. The molecular weight excluding hydrogens is 290 g/mol. The van der Waals surface area contributed by atoms with E-state index in [2.05, 4.69) is 55.1 Å². The van der Waals surface area contributed by atoms with E-state index in [1.807, 2.05) is 0 Å². The molecule has 6 heteroatoms. The first-order valence-electron chi connectivity index (χ1n) is 8.62. The third-order valence-electron chi connectivity index (χ3n) is 4.03. The first-order valence-corrected chi connectivity index (χ1v) is 8.62. The van der Waals surface area contributed by atoms with Gasteiger partial charge in [-0.15, -0.1) is 0 Å². The number of carbonyl (C=O) groups excluding carboxylic acids is 1. The Kier molecular flexibility index (Phi) is 6.04. The van der Waals surface area contributed by atoms with Gasteiger partial charge >= 0.3 is 0 Å². The maximum atomic E-state index is 11.6. The number of anilines is 1. The van der Waals surface area contributed by atoms with E-state index in [0.29, 0.717) is 12.5 Å². The molecule has 1 aromatic heterocycles. The van der Waals surface area contributed by atoms with E-state index in [1.165, 1.54) is 11.4 Å². The van der Waals surface area contributed by atoms with Gasteiger partial charge in [0.05, 0.1) is 5.69 Å². The summed E-state index contributed by atoms with van der Waals surface area (Å²) in [5.41, 5.74) is 2.31. The van der Waals surface area contributed by atoms with Gasteiger partial charge in [0.25, 0.3) is 0 Å². The van der Waals surface area contributed by atoms with Crippen molar-refractivity contribution in [2.75, 3.05) is 32.1 Å². The lowest BCUT2D eigenvalue weighted by molar-refractivity contribution is -0.122. The zero-order valence-electron chi connectivity index (χ0n) is 15.1. The fourth-order valence-corrected chi connectivity index (χ4v) is 2.76. The highest BCUT2D eigenvalue weighted by Crippen LogP contribution is 2.28. The Hall–Kier alpha value is -1.56. The zero-order valence-corrected chi connectivity index (χ0v) is 15.1. The number of nitrogens with one attached hydrogen (secondary N) is 2. The van der Waals surface area contributed by atoms with Crippen LogP contribution in [0.1, 0.15) is 37.9 Å². The standard InChI is InChI=1S/C17H31N5O/c1-12(2)11-22-17(21(4)5)15(13(3)20-22)10-18-8-9-19-16(23)14-6-7-14/h12,14,18H,6-11H2,1-5H3,(H,19,23). The Morgan fingerprint density at radius 3 is 2.61 bits per heavy atom. The van der Waals surface area contributed by atoms with Crippen LogP contribution in [-0.4, -0.2) is 42.9 Å². The van der Waals surface area contributed by atoms with Crippen LogP contribution in [-0.2, 0) is 17.9 Å². The molecule has 1 fully saturated rings. The summed E-state index contributed by atoms with van der Waals surface area (Å²) in [6, 6.07) is 0. The van der Waals surface area contributed by atoms with Gasteiger partial charge < -0.3 is 15.5 Å². The normalized spacial score (nSPS) is 14.3. The summed E-state index contributed by atoms with van der Waals surface area (Å²) in [5, 5.41) is 11.1. The number of carbonyl (C=O) groups is 1. The van der Waals surface area contributed by atoms with Crippen molar-refractivity contribution in [1.29, 1.82) is 0 Å². The van der Waals surface area contributed by atoms with Crippen LogP contribution < -0.4 is 15.5 Å². The van der Waals surface area contributed by atoms with Crippen LogP contribution in [0, 0.1) is 18.8 Å². The second kappa shape index (κ2) is 7.81. The number of rotatable bonds is 9. The maximum absolute atomic E-state index is 11.6. The van der Waals surface area contributed by atoms with Crippen molar-refractivity contribution in [2.45, 2.75) is 46.7 Å². The number of amides is 1. The van der Waals surface area contributed by atoms with Crippen LogP contribution >= 0.6 is 0 Å². The van der Waals surface area contributed by atoms with Crippen LogP contribution in [0.5, 0.6) is 0 Å². The molecule has 2 rings (SSSR count). The van der Waals surface area contributed by atoms with Gasteiger partial charge in [0.1, 0.15) is 5.82 Å². The molecular formula is C17H31N5O. The molecule has 0 bridgehead atoms. The van der Waals surface area contributed by atoms with E-state index < -0.39 is 0 Å². The quantitative estimate of drug-likeness (QED) is 0.677. The predicted octanol–water partition coefficient (Wildman–Crippen LogP) is 1.53. The molecule has 0 atom stereocenters. The molecule has 1 aliphatic rings. The van der Waals surface area contributed by atoms with E-state index in [9.17, 15) is 4.79 Å². The molecule has 0 unspecified atom stereocenters. The summed E-state index contributed by atoms with van der Waals surface area (Å²) >= 11 is 0. The Balaban J connectivity index is 1.87. The summed E-state index contributed by atoms with van der Waals surface area (Å²) in [4.78, 5) is 13.7. The van der Waals surface area contributed by atoms with Gasteiger partial charge in [0.2, 0.25) is 5.91 Å². The molecule has 0 aromatic carbocycles. The summed E-state index contributed by atoms with van der Waals surface area (Å²) in [6.07, 6.45) is 2.11. The molecule has 1 heterocycles. The molecule has 1 amide bonds. The van der Waals surface area contributed by atoms with Crippen LogP contribution in [0.25, 0.3) is 0 Å². The third kappa shape index (κ3) is 4.96. The van der Waals surface area contributed by atoms with Crippen molar-refractivity contribution in [3.05, 3.63) is 11.3 Å². The molecule has 130 valence electrons. The highest BCUT2D eigenvalue weighted by Gasteiger charge is 2.28. The van der Waals surface area contributed by atoms with Crippen LogP contribution in [0.4, 0.5) is 5.82 Å². The minimum absolute atomic E-state index is 0.210. The first-order chi connectivity index (χ1) is 10.9. The molecule has 0 aliphatic heterocycles. The monoisotopic (exact) mass is 321 g/mol. The third-order valence-corrected chi connectivity index (χ3v) is 4.03. The smallest absolute Gasteiger partial charge is 0.223 e. The molecule has 1 aliphatic carbocycles. The van der Waals surface area contributed by atoms with E-state index in [0.717, 1.165) is 38.2 Å². The van der Waals surface area contributed by atoms with Crippen molar-refractivity contribution in [1.82, 2.24) is 20.4 Å².